The van der Waals surface area contributed by atoms with Crippen molar-refractivity contribution in [2.75, 3.05) is 0 Å². The van der Waals surface area contributed by atoms with Crippen LogP contribution in [0.25, 0.3) is 0 Å². The fourth-order valence-electron chi connectivity index (χ4n) is 1.46. The zero-order valence-corrected chi connectivity index (χ0v) is 18.7. The maximum atomic E-state index is 4.58. The van der Waals surface area contributed by atoms with Crippen LogP contribution < -0.4 is 0 Å². The molecule has 0 aliphatic carbocycles. The smallest absolute Gasteiger partial charge is 0.121 e. The molecule has 0 spiro atoms. The average molecular weight is 413 g/mol. The van der Waals surface area contributed by atoms with Crippen LogP contribution in [0.2, 0.25) is 0 Å². The molecule has 19 heavy (non-hydrogen) atoms. The third kappa shape index (κ3) is 9.51. The molecule has 0 heterocycles. The fraction of sp³-hybridized carbons (Fsp3) is 1.00. The molecule has 0 radical (unpaired) electrons. The molecule has 0 aromatic carbocycles. The van der Waals surface area contributed by atoms with E-state index < -0.39 is 0 Å². The van der Waals surface area contributed by atoms with Crippen LogP contribution in [-0.2, 0) is 0 Å². The molecule has 0 nitrogen and oxygen atoms in total. The van der Waals surface area contributed by atoms with E-state index in [-0.39, 0.29) is 17.2 Å². The molecule has 0 rings (SSSR count). The van der Waals surface area contributed by atoms with Crippen LogP contribution in [0.1, 0.15) is 34.6 Å². The lowest BCUT2D eigenvalue weighted by atomic mass is 10.5. The number of thioether (sulfide) groups is 4. The molecule has 0 saturated carbocycles. The highest BCUT2D eigenvalue weighted by Gasteiger charge is 2.42. The van der Waals surface area contributed by atoms with Crippen LogP contribution >= 0.6 is 97.6 Å². The normalized spacial score (nSPS) is 23.2. The second-order valence-electron chi connectivity index (χ2n) is 4.13. The Morgan fingerprint density at radius 1 is 0.632 bits per heavy atom. The van der Waals surface area contributed by atoms with Gasteiger partial charge in [0.25, 0.3) is 0 Å². The van der Waals surface area contributed by atoms with Gasteiger partial charge >= 0.3 is 0 Å². The van der Waals surface area contributed by atoms with Crippen molar-refractivity contribution in [3.8, 4) is 0 Å². The Labute approximate surface area is 158 Å². The highest BCUT2D eigenvalue weighted by Crippen LogP contribution is 2.58. The monoisotopic (exact) mass is 412 g/mol. The van der Waals surface area contributed by atoms with Crippen molar-refractivity contribution in [2.45, 2.75) is 61.6 Å². The summed E-state index contributed by atoms with van der Waals surface area (Å²) in [6.07, 6.45) is 0. The predicted molar refractivity (Wildman–Crippen MR) is 116 cm³/mol. The summed E-state index contributed by atoms with van der Waals surface area (Å²) < 4.78 is 1.13. The van der Waals surface area contributed by atoms with Crippen LogP contribution in [0.5, 0.6) is 0 Å². The van der Waals surface area contributed by atoms with Crippen LogP contribution in [0.4, 0.5) is 0 Å². The first-order valence-electron chi connectivity index (χ1n) is 6.00. The second-order valence-corrected chi connectivity index (χ2v) is 15.9. The molecule has 116 valence electrons. The van der Waals surface area contributed by atoms with Gasteiger partial charge < -0.3 is 0 Å². The third-order valence-electron chi connectivity index (χ3n) is 1.90. The Bertz CT molecular complexity index is 214. The molecule has 5 atom stereocenters. The standard InChI is InChI=1S/C11H24S8/c1-6(16-7(2)12)11(17-8(3)13,18-9(4)14)19-10(5)15/h6-10,12-15H,1-5H3. The zero-order valence-electron chi connectivity index (χ0n) is 11.8. The van der Waals surface area contributed by atoms with Gasteiger partial charge in [0.2, 0.25) is 0 Å². The van der Waals surface area contributed by atoms with E-state index in [1.54, 1.807) is 0 Å². The SMILES string of the molecule is CC(S)SC(C)C(SC(C)S)(SC(C)S)SC(C)S. The van der Waals surface area contributed by atoms with Crippen LogP contribution in [0, 0.1) is 0 Å². The van der Waals surface area contributed by atoms with Crippen molar-refractivity contribution < 1.29 is 0 Å². The van der Waals surface area contributed by atoms with Gasteiger partial charge in [0.1, 0.15) is 3.41 Å². The summed E-state index contributed by atoms with van der Waals surface area (Å²) in [5.41, 5.74) is 0. The van der Waals surface area contributed by atoms with Gasteiger partial charge in [-0.25, -0.2) is 0 Å². The lowest BCUT2D eigenvalue weighted by molar-refractivity contribution is 1.02. The molecule has 5 unspecified atom stereocenters. The summed E-state index contributed by atoms with van der Waals surface area (Å²) >= 11 is 25.8. The van der Waals surface area contributed by atoms with E-state index in [9.17, 15) is 0 Å². The van der Waals surface area contributed by atoms with Crippen LogP contribution in [0.3, 0.4) is 0 Å². The Hall–Kier alpha value is 2.80. The number of hydrogen-bond donors (Lipinski definition) is 4. The van der Waals surface area contributed by atoms with Gasteiger partial charge in [-0.05, 0) is 27.7 Å². The Kier molecular flexibility index (Phi) is 12.1. The minimum absolute atomic E-state index is 0.00877. The lowest BCUT2D eigenvalue weighted by Gasteiger charge is -2.40. The number of thiol groups is 4. The molecule has 8 heteroatoms. The molecule has 0 fully saturated rings. The van der Waals surface area contributed by atoms with Gasteiger partial charge in [-0.2, -0.15) is 50.5 Å². The minimum atomic E-state index is -0.00877. The van der Waals surface area contributed by atoms with E-state index in [4.69, 9.17) is 0 Å². The van der Waals surface area contributed by atoms with E-state index in [1.807, 2.05) is 47.0 Å². The molecule has 0 aromatic heterocycles. The molecule has 0 bridgehead atoms. The number of hydrogen-bond acceptors (Lipinski definition) is 8. The van der Waals surface area contributed by atoms with Gasteiger partial charge in [-0.3, -0.25) is 0 Å². The van der Waals surface area contributed by atoms with E-state index in [0.717, 1.165) is 0 Å². The van der Waals surface area contributed by atoms with Crippen molar-refractivity contribution in [3.05, 3.63) is 0 Å². The summed E-state index contributed by atoms with van der Waals surface area (Å²) in [5.74, 6) is 0. The summed E-state index contributed by atoms with van der Waals surface area (Å²) in [4.78, 5) is 0. The lowest BCUT2D eigenvalue weighted by Crippen LogP contribution is -2.32. The quantitative estimate of drug-likeness (QED) is 0.268. The maximum absolute atomic E-state index is 4.58. The Morgan fingerprint density at radius 3 is 1.16 bits per heavy atom. The number of rotatable bonds is 9. The van der Waals surface area contributed by atoms with Gasteiger partial charge in [0, 0.05) is 23.6 Å². The molecule has 0 N–H and O–H groups in total. The summed E-state index contributed by atoms with van der Waals surface area (Å²) in [6.45, 7) is 10.8. The van der Waals surface area contributed by atoms with Crippen LogP contribution in [-0.4, -0.2) is 27.0 Å². The fourth-order valence-corrected chi connectivity index (χ4v) is 11.8. The largest absolute Gasteiger partial charge is 0.165 e. The van der Waals surface area contributed by atoms with E-state index in [1.165, 1.54) is 0 Å². The molecule has 0 saturated heterocycles. The van der Waals surface area contributed by atoms with Gasteiger partial charge in [0.15, 0.2) is 0 Å². The van der Waals surface area contributed by atoms with E-state index in [2.05, 4.69) is 85.1 Å². The van der Waals surface area contributed by atoms with Gasteiger partial charge in [0.05, 0.1) is 0 Å². The zero-order chi connectivity index (χ0) is 15.2. The second kappa shape index (κ2) is 10.6. The molecule has 0 amide bonds. The van der Waals surface area contributed by atoms with E-state index in [0.29, 0.717) is 9.83 Å². The Morgan fingerprint density at radius 2 is 0.947 bits per heavy atom. The molecule has 0 aliphatic heterocycles. The van der Waals surface area contributed by atoms with Crippen LogP contribution in [0.15, 0.2) is 0 Å². The topological polar surface area (TPSA) is 0 Å². The molecule has 0 aliphatic rings. The predicted octanol–water partition coefficient (Wildman–Crippen LogP) is 6.06. The van der Waals surface area contributed by atoms with Crippen molar-refractivity contribution in [3.63, 3.8) is 0 Å². The average Bonchev–Trinajstić information content (AvgIpc) is 2.12. The maximum Gasteiger partial charge on any atom is 0.121 e. The van der Waals surface area contributed by atoms with Gasteiger partial charge in [-0.1, -0.05) is 6.92 Å². The van der Waals surface area contributed by atoms with Crippen molar-refractivity contribution in [2.24, 2.45) is 0 Å². The van der Waals surface area contributed by atoms with E-state index >= 15 is 0 Å². The summed E-state index contributed by atoms with van der Waals surface area (Å²) in [7, 11) is 0. The minimum Gasteiger partial charge on any atom is -0.165 e. The first-order valence-corrected chi connectivity index (χ1v) is 11.6. The van der Waals surface area contributed by atoms with Crippen molar-refractivity contribution >= 4 is 97.6 Å². The third-order valence-corrected chi connectivity index (χ3v) is 9.62. The first-order chi connectivity index (χ1) is 8.59. The molecular weight excluding hydrogens is 389 g/mol. The highest BCUT2D eigenvalue weighted by molar-refractivity contribution is 8.39. The van der Waals surface area contributed by atoms with Crippen molar-refractivity contribution in [1.29, 1.82) is 0 Å². The Balaban J connectivity index is 5.19. The van der Waals surface area contributed by atoms with Crippen molar-refractivity contribution in [1.82, 2.24) is 0 Å². The highest BCUT2D eigenvalue weighted by atomic mass is 32.3. The molecule has 0 aromatic rings. The molecular formula is C11H24S8. The summed E-state index contributed by atoms with van der Waals surface area (Å²) in [6, 6.07) is 0. The summed E-state index contributed by atoms with van der Waals surface area (Å²) in [5, 5.41) is 0.429. The first kappa shape index (κ1) is 21.8. The van der Waals surface area contributed by atoms with Gasteiger partial charge in [-0.15, -0.1) is 47.0 Å².